The van der Waals surface area contributed by atoms with Crippen LogP contribution in [0.25, 0.3) is 0 Å². The van der Waals surface area contributed by atoms with Gasteiger partial charge in [-0.25, -0.2) is 8.78 Å². The molecule has 5 heteroatoms. The molecular weight excluding hydrogens is 282 g/mol. The van der Waals surface area contributed by atoms with Crippen LogP contribution in [0.5, 0.6) is 0 Å². The van der Waals surface area contributed by atoms with Crippen LogP contribution in [-0.2, 0) is 6.42 Å². The molecule has 0 saturated carbocycles. The van der Waals surface area contributed by atoms with Gasteiger partial charge in [0, 0.05) is 16.1 Å². The number of nitrogens with one attached hydrogen (secondary N) is 1. The molecule has 0 aliphatic carbocycles. The predicted octanol–water partition coefficient (Wildman–Crippen LogP) is 3.67. The van der Waals surface area contributed by atoms with Crippen molar-refractivity contribution < 1.29 is 8.78 Å². The molecule has 0 aliphatic rings. The molecule has 2 nitrogen and oxygen atoms in total. The minimum absolute atomic E-state index is 0.169. The van der Waals surface area contributed by atoms with Crippen LogP contribution >= 0.6 is 11.6 Å². The normalized spacial score (nSPS) is 12.4. The number of benzene rings is 2. The molecule has 2 rings (SSSR count). The second kappa shape index (κ2) is 6.31. The fourth-order valence-corrected chi connectivity index (χ4v) is 2.36. The average molecular weight is 297 g/mol. The molecule has 0 heterocycles. The minimum atomic E-state index is -0.552. The first kappa shape index (κ1) is 14.9. The fraction of sp³-hybridized carbons (Fsp3) is 0.200. The Bertz CT molecular complexity index is 597. The van der Waals surface area contributed by atoms with E-state index in [-0.39, 0.29) is 12.2 Å². The lowest BCUT2D eigenvalue weighted by molar-refractivity contribution is 0.498. The number of aryl methyl sites for hydroxylation is 1. The van der Waals surface area contributed by atoms with Gasteiger partial charge in [0.1, 0.15) is 11.6 Å². The molecule has 0 spiro atoms. The van der Waals surface area contributed by atoms with Gasteiger partial charge in [-0.15, -0.1) is 0 Å². The number of nitrogens with two attached hydrogens (primary N) is 1. The van der Waals surface area contributed by atoms with Crippen LogP contribution in [0, 0.1) is 18.6 Å². The summed E-state index contributed by atoms with van der Waals surface area (Å²) in [7, 11) is 0. The first-order chi connectivity index (χ1) is 9.52. The van der Waals surface area contributed by atoms with E-state index in [4.69, 9.17) is 17.4 Å². The Kier molecular flexibility index (Phi) is 4.70. The third-order valence-electron chi connectivity index (χ3n) is 3.20. The molecule has 1 atom stereocenters. The molecule has 0 saturated heterocycles. The van der Waals surface area contributed by atoms with Gasteiger partial charge in [-0.3, -0.25) is 11.3 Å². The zero-order chi connectivity index (χ0) is 14.7. The van der Waals surface area contributed by atoms with Crippen molar-refractivity contribution >= 4 is 11.6 Å². The summed E-state index contributed by atoms with van der Waals surface area (Å²) in [4.78, 5) is 0. The van der Waals surface area contributed by atoms with E-state index in [2.05, 4.69) is 5.43 Å². The number of hydrogen-bond donors (Lipinski definition) is 2. The lowest BCUT2D eigenvalue weighted by Crippen LogP contribution is -2.30. The predicted molar refractivity (Wildman–Crippen MR) is 76.3 cm³/mol. The van der Waals surface area contributed by atoms with E-state index in [0.717, 1.165) is 5.56 Å². The Morgan fingerprint density at radius 2 is 1.95 bits per heavy atom. The Balaban J connectivity index is 2.36. The van der Waals surface area contributed by atoms with Crippen LogP contribution in [0.15, 0.2) is 36.4 Å². The molecule has 2 aromatic rings. The molecule has 0 amide bonds. The monoisotopic (exact) mass is 296 g/mol. The van der Waals surface area contributed by atoms with Crippen LogP contribution < -0.4 is 11.3 Å². The van der Waals surface area contributed by atoms with Gasteiger partial charge < -0.3 is 0 Å². The summed E-state index contributed by atoms with van der Waals surface area (Å²) in [6, 6.07) is 8.62. The molecule has 1 unspecified atom stereocenters. The van der Waals surface area contributed by atoms with Gasteiger partial charge in [0.25, 0.3) is 0 Å². The van der Waals surface area contributed by atoms with Crippen LogP contribution in [0.1, 0.15) is 22.7 Å². The van der Waals surface area contributed by atoms with E-state index in [1.54, 1.807) is 18.2 Å². The van der Waals surface area contributed by atoms with Crippen molar-refractivity contribution in [2.45, 2.75) is 19.4 Å². The Morgan fingerprint density at radius 3 is 2.60 bits per heavy atom. The zero-order valence-electron chi connectivity index (χ0n) is 11.0. The number of hydrazine groups is 1. The highest BCUT2D eigenvalue weighted by Crippen LogP contribution is 2.27. The molecule has 0 fully saturated rings. The summed E-state index contributed by atoms with van der Waals surface area (Å²) in [5.74, 6) is 4.68. The van der Waals surface area contributed by atoms with Crippen LogP contribution in [0.3, 0.4) is 0 Å². The highest BCUT2D eigenvalue weighted by Gasteiger charge is 2.18. The first-order valence-electron chi connectivity index (χ1n) is 6.18. The highest BCUT2D eigenvalue weighted by molar-refractivity contribution is 6.31. The van der Waals surface area contributed by atoms with E-state index in [0.29, 0.717) is 16.1 Å². The standard InChI is InChI=1S/C15H15ClF2N2/c1-9-5-6-14(18)11(7-9)15(20-19)8-10-12(16)3-2-4-13(10)17/h2-7,15,20H,8,19H2,1H3. The molecular formula is C15H15ClF2N2. The summed E-state index contributed by atoms with van der Waals surface area (Å²) < 4.78 is 27.7. The van der Waals surface area contributed by atoms with Crippen molar-refractivity contribution in [3.05, 3.63) is 69.7 Å². The van der Waals surface area contributed by atoms with E-state index in [9.17, 15) is 8.78 Å². The summed E-state index contributed by atoms with van der Waals surface area (Å²) in [6.45, 7) is 1.85. The van der Waals surface area contributed by atoms with E-state index in [1.807, 2.05) is 6.92 Å². The second-order valence-electron chi connectivity index (χ2n) is 4.65. The van der Waals surface area contributed by atoms with Gasteiger partial charge in [-0.05, 0) is 31.5 Å². The van der Waals surface area contributed by atoms with Crippen LogP contribution in [0.2, 0.25) is 5.02 Å². The summed E-state index contributed by atoms with van der Waals surface area (Å²) >= 11 is 5.99. The number of halogens is 3. The third-order valence-corrected chi connectivity index (χ3v) is 3.55. The summed E-state index contributed by atoms with van der Waals surface area (Å²) in [5.41, 5.74) is 4.14. The smallest absolute Gasteiger partial charge is 0.128 e. The van der Waals surface area contributed by atoms with Crippen molar-refractivity contribution in [2.24, 2.45) is 5.84 Å². The molecule has 2 aromatic carbocycles. The Hall–Kier alpha value is -1.49. The topological polar surface area (TPSA) is 38.0 Å². The van der Waals surface area contributed by atoms with Crippen molar-refractivity contribution in [1.29, 1.82) is 0 Å². The third kappa shape index (κ3) is 3.15. The maximum Gasteiger partial charge on any atom is 0.128 e. The maximum absolute atomic E-state index is 13.9. The summed E-state index contributed by atoms with van der Waals surface area (Å²) in [6.07, 6.45) is 0.169. The maximum atomic E-state index is 13.9. The Labute approximate surface area is 121 Å². The zero-order valence-corrected chi connectivity index (χ0v) is 11.7. The van der Waals surface area contributed by atoms with Gasteiger partial charge in [0.05, 0.1) is 6.04 Å². The lowest BCUT2D eigenvalue weighted by Gasteiger charge is -2.18. The minimum Gasteiger partial charge on any atom is -0.271 e. The van der Waals surface area contributed by atoms with Gasteiger partial charge >= 0.3 is 0 Å². The van der Waals surface area contributed by atoms with Crippen LogP contribution in [-0.4, -0.2) is 0 Å². The molecule has 3 N–H and O–H groups in total. The Morgan fingerprint density at radius 1 is 1.20 bits per heavy atom. The van der Waals surface area contributed by atoms with E-state index in [1.165, 1.54) is 18.2 Å². The fourth-order valence-electron chi connectivity index (χ4n) is 2.12. The summed E-state index contributed by atoms with van der Waals surface area (Å²) in [5, 5.41) is 0.304. The molecule has 0 radical (unpaired) electrons. The molecule has 0 bridgehead atoms. The molecule has 0 aromatic heterocycles. The quantitative estimate of drug-likeness (QED) is 0.667. The van der Waals surface area contributed by atoms with Crippen molar-refractivity contribution in [2.75, 3.05) is 0 Å². The average Bonchev–Trinajstić information content (AvgIpc) is 2.42. The number of rotatable bonds is 4. The molecule has 106 valence electrons. The highest BCUT2D eigenvalue weighted by atomic mass is 35.5. The van der Waals surface area contributed by atoms with E-state index < -0.39 is 11.9 Å². The second-order valence-corrected chi connectivity index (χ2v) is 5.06. The van der Waals surface area contributed by atoms with Crippen molar-refractivity contribution in [1.82, 2.24) is 5.43 Å². The van der Waals surface area contributed by atoms with Gasteiger partial charge in [-0.1, -0.05) is 35.4 Å². The largest absolute Gasteiger partial charge is 0.271 e. The van der Waals surface area contributed by atoms with Gasteiger partial charge in [-0.2, -0.15) is 0 Å². The van der Waals surface area contributed by atoms with E-state index >= 15 is 0 Å². The molecule has 20 heavy (non-hydrogen) atoms. The van der Waals surface area contributed by atoms with Gasteiger partial charge in [0.2, 0.25) is 0 Å². The first-order valence-corrected chi connectivity index (χ1v) is 6.55. The van der Waals surface area contributed by atoms with Crippen LogP contribution in [0.4, 0.5) is 8.78 Å². The number of hydrogen-bond acceptors (Lipinski definition) is 2. The molecule has 0 aliphatic heterocycles. The lowest BCUT2D eigenvalue weighted by atomic mass is 9.97. The van der Waals surface area contributed by atoms with Crippen molar-refractivity contribution in [3.8, 4) is 0 Å². The SMILES string of the molecule is Cc1ccc(F)c(C(Cc2c(F)cccc2Cl)NN)c1. The van der Waals surface area contributed by atoms with Gasteiger partial charge in [0.15, 0.2) is 0 Å². The van der Waals surface area contributed by atoms with Crippen molar-refractivity contribution in [3.63, 3.8) is 0 Å².